The van der Waals surface area contributed by atoms with Crippen LogP contribution >= 0.6 is 11.8 Å². The van der Waals surface area contributed by atoms with Crippen LogP contribution in [0.5, 0.6) is 0 Å². The average molecular weight is 293 g/mol. The van der Waals surface area contributed by atoms with Gasteiger partial charge in [-0.1, -0.05) is 17.8 Å². The van der Waals surface area contributed by atoms with E-state index in [1.807, 2.05) is 0 Å². The Bertz CT molecular complexity index is 504. The van der Waals surface area contributed by atoms with Gasteiger partial charge in [0.2, 0.25) is 0 Å². The second-order valence-electron chi connectivity index (χ2n) is 3.93. The molecule has 6 nitrogen and oxygen atoms in total. The number of amidine groups is 1. The van der Waals surface area contributed by atoms with E-state index in [-0.39, 0.29) is 0 Å². The summed E-state index contributed by atoms with van der Waals surface area (Å²) in [7, 11) is 3.46. The first-order valence-electron chi connectivity index (χ1n) is 6.16. The topological polar surface area (TPSA) is 92.7 Å². The van der Waals surface area contributed by atoms with Crippen molar-refractivity contribution in [2.24, 2.45) is 15.9 Å². The van der Waals surface area contributed by atoms with Crippen LogP contribution in [0.3, 0.4) is 0 Å². The zero-order valence-electron chi connectivity index (χ0n) is 11.7. The Labute approximate surface area is 122 Å². The Morgan fingerprint density at radius 1 is 1.70 bits per heavy atom. The minimum absolute atomic E-state index is 0.382. The highest BCUT2D eigenvalue weighted by Gasteiger charge is 2.18. The molecule has 1 heterocycles. The lowest BCUT2D eigenvalue weighted by Crippen LogP contribution is -2.20. The van der Waals surface area contributed by atoms with Crippen LogP contribution in [0, 0.1) is 4.91 Å². The molecular formula is C13H19N5OS. The number of hydrogen-bond donors (Lipinski definition) is 2. The van der Waals surface area contributed by atoms with Crippen LogP contribution in [0.4, 0.5) is 5.69 Å². The van der Waals surface area contributed by atoms with Crippen LogP contribution in [0.25, 0.3) is 0 Å². The van der Waals surface area contributed by atoms with Crippen LogP contribution in [0.15, 0.2) is 35.1 Å². The maximum atomic E-state index is 10.9. The molecule has 1 aromatic rings. The zero-order valence-corrected chi connectivity index (χ0v) is 12.5. The highest BCUT2D eigenvalue weighted by molar-refractivity contribution is 8.13. The summed E-state index contributed by atoms with van der Waals surface area (Å²) in [5.41, 5.74) is 7.96. The predicted molar refractivity (Wildman–Crippen MR) is 85.1 cm³/mol. The van der Waals surface area contributed by atoms with E-state index < -0.39 is 5.37 Å². The van der Waals surface area contributed by atoms with Gasteiger partial charge in [0.1, 0.15) is 11.1 Å². The molecule has 0 fully saturated rings. The summed E-state index contributed by atoms with van der Waals surface area (Å²) in [6.07, 6.45) is 4.71. The van der Waals surface area contributed by atoms with Gasteiger partial charge in [0.15, 0.2) is 5.17 Å². The summed E-state index contributed by atoms with van der Waals surface area (Å²) in [4.78, 5) is 19.3. The third-order valence-electron chi connectivity index (χ3n) is 2.69. The molecule has 0 aliphatic heterocycles. The molecule has 0 bridgehead atoms. The number of nitrogens with zero attached hydrogens (tertiary/aromatic N) is 3. The number of thioether (sulfide) groups is 1. The maximum Gasteiger partial charge on any atom is 0.157 e. The molecule has 0 spiro atoms. The van der Waals surface area contributed by atoms with E-state index in [0.717, 1.165) is 12.0 Å². The first-order chi connectivity index (χ1) is 9.67. The van der Waals surface area contributed by atoms with Crippen molar-refractivity contribution in [2.75, 3.05) is 14.1 Å². The van der Waals surface area contributed by atoms with E-state index in [4.69, 9.17) is 5.73 Å². The molecule has 0 saturated carbocycles. The molecule has 0 aliphatic rings. The van der Waals surface area contributed by atoms with Crippen molar-refractivity contribution < 1.29 is 0 Å². The first kappa shape index (κ1) is 16.3. The minimum atomic E-state index is -0.414. The second-order valence-corrected chi connectivity index (χ2v) is 5.06. The van der Waals surface area contributed by atoms with Gasteiger partial charge >= 0.3 is 0 Å². The Hall–Kier alpha value is -1.73. The molecular weight excluding hydrogens is 274 g/mol. The highest BCUT2D eigenvalue weighted by atomic mass is 32.2. The third-order valence-corrected chi connectivity index (χ3v) is 3.77. The number of pyridine rings is 1. The molecule has 1 rings (SSSR count). The number of aromatic nitrogens is 1. The Morgan fingerprint density at radius 2 is 2.45 bits per heavy atom. The van der Waals surface area contributed by atoms with Crippen molar-refractivity contribution in [3.05, 3.63) is 41.1 Å². The fourth-order valence-electron chi connectivity index (χ4n) is 1.73. The standard InChI is InChI=1S/C13H19N5OS/c1-4-5-6-9-10(18-19)7-8-17-11(9)12(14)20-13(15-2)16-3/h4,7-8,12H,1,5-6,14H2,2-3H3,(H,15,16). The van der Waals surface area contributed by atoms with Crippen molar-refractivity contribution in [1.29, 1.82) is 0 Å². The normalized spacial score (nSPS) is 12.8. The Kier molecular flexibility index (Phi) is 6.89. The molecule has 0 radical (unpaired) electrons. The largest absolute Gasteiger partial charge is 0.368 e. The van der Waals surface area contributed by atoms with Gasteiger partial charge in [0, 0.05) is 25.9 Å². The highest BCUT2D eigenvalue weighted by Crippen LogP contribution is 2.31. The van der Waals surface area contributed by atoms with E-state index in [9.17, 15) is 4.91 Å². The Balaban J connectivity index is 3.08. The van der Waals surface area contributed by atoms with Crippen molar-refractivity contribution in [3.63, 3.8) is 0 Å². The molecule has 20 heavy (non-hydrogen) atoms. The number of nitrogens with two attached hydrogens (primary N) is 1. The summed E-state index contributed by atoms with van der Waals surface area (Å²) in [5, 5.41) is 6.29. The van der Waals surface area contributed by atoms with Gasteiger partial charge in [-0.2, -0.15) is 0 Å². The third kappa shape index (κ3) is 4.14. The number of aliphatic imine (C=N–C) groups is 1. The number of rotatable bonds is 6. The lowest BCUT2D eigenvalue weighted by molar-refractivity contribution is 0.890. The molecule has 0 aliphatic carbocycles. The number of hydrogen-bond acceptors (Lipinski definition) is 6. The fraction of sp³-hybridized carbons (Fsp3) is 0.385. The zero-order chi connectivity index (χ0) is 15.0. The van der Waals surface area contributed by atoms with Crippen LogP contribution in [0.2, 0.25) is 0 Å². The smallest absolute Gasteiger partial charge is 0.157 e. The summed E-state index contributed by atoms with van der Waals surface area (Å²) < 4.78 is 0. The quantitative estimate of drug-likeness (QED) is 0.276. The second kappa shape index (κ2) is 8.44. The molecule has 1 aromatic heterocycles. The average Bonchev–Trinajstić information content (AvgIpc) is 2.49. The van der Waals surface area contributed by atoms with E-state index in [1.54, 1.807) is 32.4 Å². The van der Waals surface area contributed by atoms with Gasteiger partial charge in [-0.05, 0) is 24.1 Å². The van der Waals surface area contributed by atoms with Gasteiger partial charge in [-0.15, -0.1) is 11.5 Å². The molecule has 0 amide bonds. The van der Waals surface area contributed by atoms with Crippen LogP contribution in [0.1, 0.15) is 23.1 Å². The molecule has 1 atom stereocenters. The van der Waals surface area contributed by atoms with Crippen LogP contribution in [-0.2, 0) is 6.42 Å². The number of nitroso groups, excluding NO2 is 1. The predicted octanol–water partition coefficient (Wildman–Crippen LogP) is 2.49. The van der Waals surface area contributed by atoms with Crippen LogP contribution in [-0.4, -0.2) is 24.2 Å². The summed E-state index contributed by atoms with van der Waals surface area (Å²) in [6, 6.07) is 1.60. The lowest BCUT2D eigenvalue weighted by Gasteiger charge is -2.16. The minimum Gasteiger partial charge on any atom is -0.368 e. The van der Waals surface area contributed by atoms with Crippen molar-refractivity contribution in [1.82, 2.24) is 10.3 Å². The van der Waals surface area contributed by atoms with E-state index in [1.165, 1.54) is 11.8 Å². The first-order valence-corrected chi connectivity index (χ1v) is 7.04. The Morgan fingerprint density at radius 3 is 3.00 bits per heavy atom. The molecule has 0 aromatic carbocycles. The van der Waals surface area contributed by atoms with Crippen LogP contribution < -0.4 is 11.1 Å². The van der Waals surface area contributed by atoms with E-state index in [2.05, 4.69) is 27.0 Å². The van der Waals surface area contributed by atoms with Gasteiger partial charge in [-0.25, -0.2) is 0 Å². The lowest BCUT2D eigenvalue weighted by atomic mass is 10.1. The monoisotopic (exact) mass is 293 g/mol. The molecule has 1 unspecified atom stereocenters. The SMILES string of the molecule is C=CCCc1c(N=O)ccnc1C(N)SC(=NC)NC. The van der Waals surface area contributed by atoms with E-state index >= 15 is 0 Å². The van der Waals surface area contributed by atoms with Crippen molar-refractivity contribution >= 4 is 22.6 Å². The van der Waals surface area contributed by atoms with Gasteiger partial charge in [0.25, 0.3) is 0 Å². The summed E-state index contributed by atoms with van der Waals surface area (Å²) in [5.74, 6) is 0. The van der Waals surface area contributed by atoms with Crippen molar-refractivity contribution in [2.45, 2.75) is 18.2 Å². The molecule has 3 N–H and O–H groups in total. The molecule has 108 valence electrons. The van der Waals surface area contributed by atoms with Gasteiger partial charge < -0.3 is 11.1 Å². The molecule has 7 heteroatoms. The number of allylic oxidation sites excluding steroid dienone is 1. The maximum absolute atomic E-state index is 10.9. The van der Waals surface area contributed by atoms with Crippen molar-refractivity contribution in [3.8, 4) is 0 Å². The summed E-state index contributed by atoms with van der Waals surface area (Å²) in [6.45, 7) is 3.69. The fourth-order valence-corrected chi connectivity index (χ4v) is 2.51. The summed E-state index contributed by atoms with van der Waals surface area (Å²) >= 11 is 1.35. The van der Waals surface area contributed by atoms with Gasteiger partial charge in [-0.3, -0.25) is 9.98 Å². The molecule has 0 saturated heterocycles. The van der Waals surface area contributed by atoms with Gasteiger partial charge in [0.05, 0.1) is 5.69 Å². The number of nitrogens with one attached hydrogen (secondary N) is 1. The van der Waals surface area contributed by atoms with E-state index in [0.29, 0.717) is 23.0 Å².